The molecule has 0 spiro atoms. The number of hydrogen-bond donors (Lipinski definition) is 0. The van der Waals surface area contributed by atoms with Gasteiger partial charge in [0.25, 0.3) is 0 Å². The molecule has 0 unspecified atom stereocenters. The van der Waals surface area contributed by atoms with Crippen LogP contribution in [0.5, 0.6) is 0 Å². The summed E-state index contributed by atoms with van der Waals surface area (Å²) < 4.78 is 12.9. The van der Waals surface area contributed by atoms with Crippen molar-refractivity contribution >= 4 is 16.9 Å². The lowest BCUT2D eigenvalue weighted by Crippen LogP contribution is -2.45. The van der Waals surface area contributed by atoms with Crippen molar-refractivity contribution in [3.05, 3.63) is 42.3 Å². The summed E-state index contributed by atoms with van der Waals surface area (Å²) in [5.41, 5.74) is 0.701. The van der Waals surface area contributed by atoms with Crippen molar-refractivity contribution in [1.82, 2.24) is 4.98 Å². The number of para-hydroxylation sites is 1. The quantitative estimate of drug-likeness (QED) is 0.596. The highest BCUT2D eigenvalue weighted by Gasteiger charge is 2.04. The van der Waals surface area contributed by atoms with E-state index in [9.17, 15) is 14.3 Å². The van der Waals surface area contributed by atoms with E-state index < -0.39 is 11.9 Å². The molecule has 0 aliphatic carbocycles. The van der Waals surface area contributed by atoms with E-state index >= 15 is 0 Å². The lowest BCUT2D eigenvalue weighted by Gasteiger charge is -2.23. The summed E-state index contributed by atoms with van der Waals surface area (Å²) in [6.45, 7) is 0.0694. The van der Waals surface area contributed by atoms with Crippen LogP contribution in [0.2, 0.25) is 0 Å². The van der Waals surface area contributed by atoms with Crippen molar-refractivity contribution in [2.24, 2.45) is 0 Å². The topological polar surface area (TPSA) is 53.0 Å². The fraction of sp³-hybridized carbons (Fsp3) is 0.286. The molecule has 0 amide bonds. The molecule has 5 heteroatoms. The van der Waals surface area contributed by atoms with Crippen LogP contribution in [-0.2, 0) is 4.79 Å². The molecule has 19 heavy (non-hydrogen) atoms. The van der Waals surface area contributed by atoms with Crippen LogP contribution in [0.3, 0.4) is 0 Å². The maximum atomic E-state index is 12.5. The smallest absolute Gasteiger partial charge is 0.213 e. The predicted octanol–water partition coefficient (Wildman–Crippen LogP) is 0.816. The number of pyridine rings is 1. The molecule has 0 radical (unpaired) electrons. The number of halogens is 1. The van der Waals surface area contributed by atoms with E-state index in [1.807, 2.05) is 18.2 Å². The molecule has 0 aliphatic rings. The number of likely N-dealkylation sites (N-methyl/N-ethyl adjacent to an activating group) is 1. The molecular weight excluding hydrogens is 247 g/mol. The van der Waals surface area contributed by atoms with Crippen LogP contribution in [0.15, 0.2) is 36.4 Å². The molecule has 0 atom stereocenters. The van der Waals surface area contributed by atoms with Gasteiger partial charge in [-0.2, -0.15) is 4.39 Å². The molecule has 1 aromatic heterocycles. The Morgan fingerprint density at radius 1 is 1.21 bits per heavy atom. The van der Waals surface area contributed by atoms with Gasteiger partial charge in [0, 0.05) is 5.39 Å². The van der Waals surface area contributed by atoms with Crippen LogP contribution in [0, 0.1) is 5.95 Å². The Morgan fingerprint density at radius 2 is 1.84 bits per heavy atom. The normalized spacial score (nSPS) is 10.7. The number of carboxylic acids is 1. The number of rotatable bonds is 2. The Kier molecular flexibility index (Phi) is 4.94. The molecule has 2 rings (SSSR count). The van der Waals surface area contributed by atoms with Crippen LogP contribution < -0.4 is 5.11 Å². The Balaban J connectivity index is 0.000000203. The van der Waals surface area contributed by atoms with Crippen molar-refractivity contribution in [1.29, 1.82) is 0 Å². The van der Waals surface area contributed by atoms with Gasteiger partial charge in [0.15, 0.2) is 0 Å². The minimum Gasteiger partial charge on any atom is -0.544 e. The highest BCUT2D eigenvalue weighted by atomic mass is 19.1. The second kappa shape index (κ2) is 6.24. The van der Waals surface area contributed by atoms with Crippen molar-refractivity contribution in [2.45, 2.75) is 0 Å². The predicted molar refractivity (Wildman–Crippen MR) is 69.6 cm³/mol. The number of aliphatic carboxylic acids is 1. The first-order chi connectivity index (χ1) is 8.78. The van der Waals surface area contributed by atoms with Crippen LogP contribution >= 0.6 is 0 Å². The van der Waals surface area contributed by atoms with Gasteiger partial charge in [-0.1, -0.05) is 18.2 Å². The summed E-state index contributed by atoms with van der Waals surface area (Å²) in [7, 11) is 5.40. The third kappa shape index (κ3) is 5.92. The zero-order valence-electron chi connectivity index (χ0n) is 11.3. The van der Waals surface area contributed by atoms with Crippen LogP contribution in [0.25, 0.3) is 10.9 Å². The van der Waals surface area contributed by atoms with Crippen LogP contribution in [0.4, 0.5) is 4.39 Å². The van der Waals surface area contributed by atoms with E-state index in [2.05, 4.69) is 4.98 Å². The van der Waals surface area contributed by atoms with Gasteiger partial charge < -0.3 is 14.4 Å². The van der Waals surface area contributed by atoms with Gasteiger partial charge in [0.05, 0.1) is 32.6 Å². The standard InChI is InChI=1S/C9H6FN.C5H11NO2/c10-9-6-5-7-3-1-2-4-8(7)11-9;1-6(2,3)4-5(7)8/h1-6H;4H2,1-3H3. The maximum absolute atomic E-state index is 12.5. The molecule has 0 saturated carbocycles. The molecule has 102 valence electrons. The van der Waals surface area contributed by atoms with E-state index in [1.165, 1.54) is 6.07 Å². The molecule has 1 aromatic carbocycles. The van der Waals surface area contributed by atoms with Crippen LogP contribution in [-0.4, -0.2) is 43.1 Å². The van der Waals surface area contributed by atoms with Gasteiger partial charge >= 0.3 is 0 Å². The number of aromatic nitrogens is 1. The number of fused-ring (bicyclic) bond motifs is 1. The summed E-state index contributed by atoms with van der Waals surface area (Å²) in [6, 6.07) is 10.5. The van der Waals surface area contributed by atoms with Gasteiger partial charge in [0.1, 0.15) is 6.54 Å². The second-order valence-electron chi connectivity index (χ2n) is 5.15. The molecule has 0 bridgehead atoms. The number of benzene rings is 1. The second-order valence-corrected chi connectivity index (χ2v) is 5.15. The van der Waals surface area contributed by atoms with E-state index in [0.717, 1.165) is 5.39 Å². The first-order valence-corrected chi connectivity index (χ1v) is 5.79. The lowest BCUT2D eigenvalue weighted by atomic mass is 10.2. The van der Waals surface area contributed by atoms with Crippen molar-refractivity contribution in [3.8, 4) is 0 Å². The van der Waals surface area contributed by atoms with E-state index in [0.29, 0.717) is 10.00 Å². The summed E-state index contributed by atoms with van der Waals surface area (Å²) in [5.74, 6) is -1.43. The Hall–Kier alpha value is -2.01. The molecule has 1 heterocycles. The molecule has 0 aliphatic heterocycles. The summed E-state index contributed by atoms with van der Waals surface area (Å²) in [5, 5.41) is 10.9. The summed E-state index contributed by atoms with van der Waals surface area (Å²) >= 11 is 0. The first-order valence-electron chi connectivity index (χ1n) is 5.79. The molecule has 2 aromatic rings. The van der Waals surface area contributed by atoms with Crippen LogP contribution in [0.1, 0.15) is 0 Å². The SMILES string of the molecule is C[N+](C)(C)CC(=O)[O-].Fc1ccc2ccccc2n1. The molecule has 0 fully saturated rings. The number of carbonyl (C=O) groups excluding carboxylic acids is 1. The van der Waals surface area contributed by atoms with Crippen molar-refractivity contribution in [3.63, 3.8) is 0 Å². The molecule has 0 saturated heterocycles. The lowest BCUT2D eigenvalue weighted by molar-refractivity contribution is -0.864. The summed E-state index contributed by atoms with van der Waals surface area (Å²) in [6.07, 6.45) is 0. The van der Waals surface area contributed by atoms with Gasteiger partial charge in [-0.15, -0.1) is 0 Å². The number of carbonyl (C=O) groups is 1. The van der Waals surface area contributed by atoms with E-state index in [1.54, 1.807) is 33.3 Å². The molecule has 0 N–H and O–H groups in total. The third-order valence-corrected chi connectivity index (χ3v) is 2.17. The zero-order valence-corrected chi connectivity index (χ0v) is 11.3. The largest absolute Gasteiger partial charge is 0.544 e. The molecular formula is C14H17FN2O2. The monoisotopic (exact) mass is 264 g/mol. The fourth-order valence-corrected chi connectivity index (χ4v) is 1.43. The van der Waals surface area contributed by atoms with E-state index in [-0.39, 0.29) is 6.54 Å². The van der Waals surface area contributed by atoms with Crippen molar-refractivity contribution in [2.75, 3.05) is 27.7 Å². The average Bonchev–Trinajstić information content (AvgIpc) is 2.26. The zero-order chi connectivity index (χ0) is 14.5. The number of nitrogens with zero attached hydrogens (tertiary/aromatic N) is 2. The Labute approximate surface area is 111 Å². The third-order valence-electron chi connectivity index (χ3n) is 2.17. The number of carboxylic acid groups (broad SMARTS) is 1. The minimum absolute atomic E-state index is 0.0694. The first kappa shape index (κ1) is 15.0. The van der Waals surface area contributed by atoms with Gasteiger partial charge in [-0.3, -0.25) is 0 Å². The van der Waals surface area contributed by atoms with Gasteiger partial charge in [-0.25, -0.2) is 4.98 Å². The average molecular weight is 264 g/mol. The van der Waals surface area contributed by atoms with E-state index in [4.69, 9.17) is 0 Å². The number of quaternary nitrogens is 1. The van der Waals surface area contributed by atoms with Gasteiger partial charge in [-0.05, 0) is 18.2 Å². The summed E-state index contributed by atoms with van der Waals surface area (Å²) in [4.78, 5) is 13.6. The highest BCUT2D eigenvalue weighted by molar-refractivity contribution is 5.77. The van der Waals surface area contributed by atoms with Crippen molar-refractivity contribution < 1.29 is 18.8 Å². The maximum Gasteiger partial charge on any atom is 0.213 e. The molecule has 4 nitrogen and oxygen atoms in total. The number of hydrogen-bond acceptors (Lipinski definition) is 3. The fourth-order valence-electron chi connectivity index (χ4n) is 1.43. The van der Waals surface area contributed by atoms with Gasteiger partial charge in [0.2, 0.25) is 5.95 Å². The minimum atomic E-state index is -1.00. The Morgan fingerprint density at radius 3 is 2.37 bits per heavy atom. The Bertz CT molecular complexity index is 565. The highest BCUT2D eigenvalue weighted by Crippen LogP contribution is 2.10.